The van der Waals surface area contributed by atoms with E-state index in [-0.39, 0.29) is 11.2 Å². The average molecular weight is 428 g/mol. The second kappa shape index (κ2) is 8.44. The molecule has 2 aromatic carbocycles. The van der Waals surface area contributed by atoms with E-state index in [9.17, 15) is 18.0 Å². The third-order valence-electron chi connectivity index (χ3n) is 4.86. The fourth-order valence-electron chi connectivity index (χ4n) is 3.22. The molecule has 7 heteroatoms. The predicted molar refractivity (Wildman–Crippen MR) is 116 cm³/mol. The first-order valence-electron chi connectivity index (χ1n) is 9.62. The van der Waals surface area contributed by atoms with Gasteiger partial charge in [0.25, 0.3) is 5.91 Å². The van der Waals surface area contributed by atoms with Gasteiger partial charge in [-0.2, -0.15) is 0 Å². The molecule has 0 spiro atoms. The van der Waals surface area contributed by atoms with Gasteiger partial charge in [0.05, 0.1) is 17.4 Å². The number of hydrogen-bond donors (Lipinski definition) is 0. The van der Waals surface area contributed by atoms with Gasteiger partial charge in [-0.15, -0.1) is 0 Å². The lowest BCUT2D eigenvalue weighted by Gasteiger charge is -2.27. The van der Waals surface area contributed by atoms with Crippen LogP contribution in [0.1, 0.15) is 36.7 Å². The van der Waals surface area contributed by atoms with Crippen LogP contribution in [-0.4, -0.2) is 38.7 Å². The zero-order valence-electron chi connectivity index (χ0n) is 17.2. The molecule has 0 bridgehead atoms. The Labute approximate surface area is 177 Å². The number of sulfone groups is 1. The first-order valence-corrected chi connectivity index (χ1v) is 11.3. The van der Waals surface area contributed by atoms with Gasteiger partial charge in [-0.25, -0.2) is 13.2 Å². The van der Waals surface area contributed by atoms with Crippen LogP contribution in [0.25, 0.3) is 0 Å². The molecule has 2 aromatic rings. The smallest absolute Gasteiger partial charge is 0.338 e. The molecule has 0 N–H and O–H groups in total. The molecule has 0 aromatic heterocycles. The van der Waals surface area contributed by atoms with E-state index in [0.717, 1.165) is 11.0 Å². The molecule has 1 atom stereocenters. The predicted octanol–water partition coefficient (Wildman–Crippen LogP) is 3.48. The first kappa shape index (κ1) is 21.8. The van der Waals surface area contributed by atoms with Gasteiger partial charge in [-0.05, 0) is 41.3 Å². The number of amides is 1. The minimum atomic E-state index is -3.35. The molecule has 0 radical (unpaired) electrons. The molecular weight excluding hydrogens is 402 g/mol. The van der Waals surface area contributed by atoms with Crippen molar-refractivity contribution in [2.75, 3.05) is 17.3 Å². The van der Waals surface area contributed by atoms with Crippen LogP contribution in [0.15, 0.2) is 66.1 Å². The summed E-state index contributed by atoms with van der Waals surface area (Å²) in [6, 6.07) is 15.2. The second-order valence-corrected chi connectivity index (χ2v) is 10.2. The molecular formula is C23H25NO5S. The zero-order valence-corrected chi connectivity index (χ0v) is 18.1. The van der Waals surface area contributed by atoms with Gasteiger partial charge in [0.15, 0.2) is 16.4 Å². The van der Waals surface area contributed by atoms with Crippen LogP contribution in [0.2, 0.25) is 0 Å². The van der Waals surface area contributed by atoms with E-state index in [0.29, 0.717) is 11.3 Å². The summed E-state index contributed by atoms with van der Waals surface area (Å²) >= 11 is 0. The van der Waals surface area contributed by atoms with Gasteiger partial charge in [0.2, 0.25) is 0 Å². The summed E-state index contributed by atoms with van der Waals surface area (Å²) in [7, 11) is -3.35. The van der Waals surface area contributed by atoms with E-state index in [1.807, 2.05) is 12.1 Å². The van der Waals surface area contributed by atoms with Crippen LogP contribution in [0.5, 0.6) is 0 Å². The van der Waals surface area contributed by atoms with Crippen LogP contribution in [0.4, 0.5) is 5.69 Å². The number of ether oxygens (including phenoxy) is 1. The Bertz CT molecular complexity index is 1050. The molecule has 3 rings (SSSR count). The van der Waals surface area contributed by atoms with Gasteiger partial charge >= 0.3 is 5.97 Å². The molecule has 1 unspecified atom stereocenters. The lowest BCUT2D eigenvalue weighted by Crippen LogP contribution is -2.43. The Morgan fingerprint density at radius 2 is 1.67 bits per heavy atom. The summed E-state index contributed by atoms with van der Waals surface area (Å²) in [5.41, 5.74) is 1.94. The highest BCUT2D eigenvalue weighted by Gasteiger charge is 2.31. The molecule has 158 valence electrons. The summed E-state index contributed by atoms with van der Waals surface area (Å²) in [6.45, 7) is 5.75. The lowest BCUT2D eigenvalue weighted by molar-refractivity contribution is -0.121. The van der Waals surface area contributed by atoms with Crippen molar-refractivity contribution in [3.8, 4) is 0 Å². The van der Waals surface area contributed by atoms with Gasteiger partial charge in [0, 0.05) is 11.1 Å². The van der Waals surface area contributed by atoms with E-state index >= 15 is 0 Å². The van der Waals surface area contributed by atoms with Crippen molar-refractivity contribution in [3.05, 3.63) is 77.2 Å². The Morgan fingerprint density at radius 3 is 2.20 bits per heavy atom. The molecule has 30 heavy (non-hydrogen) atoms. The highest BCUT2D eigenvalue weighted by Crippen LogP contribution is 2.24. The van der Waals surface area contributed by atoms with Crippen LogP contribution >= 0.6 is 0 Å². The van der Waals surface area contributed by atoms with Crippen molar-refractivity contribution in [1.82, 2.24) is 0 Å². The monoisotopic (exact) mass is 427 g/mol. The molecule has 0 saturated heterocycles. The third-order valence-corrected chi connectivity index (χ3v) is 6.24. The molecule has 1 amide bonds. The molecule has 0 saturated carbocycles. The maximum absolute atomic E-state index is 12.9. The number of nitrogens with zero attached hydrogens (tertiary/aromatic N) is 1. The summed E-state index contributed by atoms with van der Waals surface area (Å²) in [5.74, 6) is -1.30. The fraction of sp³-hybridized carbons (Fsp3) is 0.304. The van der Waals surface area contributed by atoms with Gasteiger partial charge < -0.3 is 9.64 Å². The number of esters is 1. The first-order chi connectivity index (χ1) is 14.1. The van der Waals surface area contributed by atoms with Crippen molar-refractivity contribution >= 4 is 27.4 Å². The number of para-hydroxylation sites is 1. The van der Waals surface area contributed by atoms with Crippen molar-refractivity contribution in [1.29, 1.82) is 0 Å². The van der Waals surface area contributed by atoms with Gasteiger partial charge in [-0.1, -0.05) is 51.1 Å². The highest BCUT2D eigenvalue weighted by atomic mass is 32.2. The molecule has 0 aliphatic carbocycles. The van der Waals surface area contributed by atoms with Crippen LogP contribution in [0, 0.1) is 0 Å². The third kappa shape index (κ3) is 5.16. The standard InChI is InChI=1S/C23H25NO5S/c1-23(2,3)18-11-9-17(10-12-18)22(26)29-15-21(25)24(19-7-5-4-6-8-19)20-13-14-30(27,28)16-20/h4-14,20H,15-16H2,1-3H3. The average Bonchev–Trinajstić information content (AvgIpc) is 3.05. The normalized spacial score (nSPS) is 17.5. The number of anilines is 1. The summed E-state index contributed by atoms with van der Waals surface area (Å²) in [5, 5.41) is 1.11. The maximum atomic E-state index is 12.9. The summed E-state index contributed by atoms with van der Waals surface area (Å²) in [4.78, 5) is 26.6. The number of carbonyl (C=O) groups excluding carboxylic acids is 2. The molecule has 1 aliphatic rings. The topological polar surface area (TPSA) is 80.8 Å². The molecule has 0 fully saturated rings. The van der Waals surface area contributed by atoms with Crippen molar-refractivity contribution in [2.45, 2.75) is 32.2 Å². The van der Waals surface area contributed by atoms with E-state index in [2.05, 4.69) is 20.8 Å². The number of hydrogen-bond acceptors (Lipinski definition) is 5. The van der Waals surface area contributed by atoms with Crippen molar-refractivity contribution in [3.63, 3.8) is 0 Å². The second-order valence-electron chi connectivity index (χ2n) is 8.23. The zero-order chi connectivity index (χ0) is 21.9. The minimum Gasteiger partial charge on any atom is -0.452 e. The SMILES string of the molecule is CC(C)(C)c1ccc(C(=O)OCC(=O)N(c2ccccc2)C2C=CS(=O)(=O)C2)cc1. The number of carbonyl (C=O) groups is 2. The van der Waals surface area contributed by atoms with Crippen LogP contribution in [0.3, 0.4) is 0 Å². The fourth-order valence-corrected chi connectivity index (χ4v) is 4.48. The van der Waals surface area contributed by atoms with Gasteiger partial charge in [-0.3, -0.25) is 4.79 Å². The molecule has 1 aliphatic heterocycles. The Hall–Kier alpha value is -2.93. The number of benzene rings is 2. The van der Waals surface area contributed by atoms with Crippen LogP contribution < -0.4 is 4.90 Å². The Balaban J connectivity index is 1.72. The minimum absolute atomic E-state index is 0.0380. The lowest BCUT2D eigenvalue weighted by atomic mass is 9.87. The Morgan fingerprint density at radius 1 is 1.03 bits per heavy atom. The largest absolute Gasteiger partial charge is 0.452 e. The summed E-state index contributed by atoms with van der Waals surface area (Å²) in [6.07, 6.45) is 1.48. The quantitative estimate of drug-likeness (QED) is 0.683. The molecule has 1 heterocycles. The van der Waals surface area contributed by atoms with E-state index < -0.39 is 34.4 Å². The Kier molecular flexibility index (Phi) is 6.12. The van der Waals surface area contributed by atoms with Gasteiger partial charge in [0.1, 0.15) is 0 Å². The summed E-state index contributed by atoms with van der Waals surface area (Å²) < 4.78 is 28.9. The van der Waals surface area contributed by atoms with Crippen LogP contribution in [-0.2, 0) is 24.8 Å². The number of rotatable bonds is 5. The van der Waals surface area contributed by atoms with E-state index in [1.54, 1.807) is 42.5 Å². The van der Waals surface area contributed by atoms with E-state index in [1.165, 1.54) is 11.0 Å². The maximum Gasteiger partial charge on any atom is 0.338 e. The highest BCUT2D eigenvalue weighted by molar-refractivity contribution is 7.94. The van der Waals surface area contributed by atoms with Crippen molar-refractivity contribution < 1.29 is 22.7 Å². The molecule has 6 nitrogen and oxygen atoms in total. The van der Waals surface area contributed by atoms with E-state index in [4.69, 9.17) is 4.74 Å². The van der Waals surface area contributed by atoms with Crippen molar-refractivity contribution in [2.24, 2.45) is 0 Å².